The number of halogens is 1. The third-order valence-corrected chi connectivity index (χ3v) is 7.01. The number of aliphatic hydroxyl groups is 1. The van der Waals surface area contributed by atoms with Gasteiger partial charge in [-0.2, -0.15) is 5.10 Å². The summed E-state index contributed by atoms with van der Waals surface area (Å²) in [7, 11) is 0. The van der Waals surface area contributed by atoms with Crippen molar-refractivity contribution >= 4 is 28.4 Å². The maximum absolute atomic E-state index is 12.5. The lowest BCUT2D eigenvalue weighted by Crippen LogP contribution is -2.37. The van der Waals surface area contributed by atoms with E-state index < -0.39 is 5.60 Å². The molecular weight excluding hydrogens is 350 g/mol. The van der Waals surface area contributed by atoms with Crippen molar-refractivity contribution in [1.82, 2.24) is 15.5 Å². The normalized spacial score (nSPS) is 34.0. The summed E-state index contributed by atoms with van der Waals surface area (Å²) in [4.78, 5) is 12.5. The second-order valence-corrected chi connectivity index (χ2v) is 8.86. The lowest BCUT2D eigenvalue weighted by atomic mass is 9.86. The maximum Gasteiger partial charge on any atom is 0.223 e. The van der Waals surface area contributed by atoms with Crippen LogP contribution in [0.3, 0.4) is 0 Å². The lowest BCUT2D eigenvalue weighted by molar-refractivity contribution is -0.126. The van der Waals surface area contributed by atoms with Crippen LogP contribution in [0, 0.1) is 17.8 Å². The van der Waals surface area contributed by atoms with E-state index in [0.717, 1.165) is 29.3 Å². The fraction of sp³-hybridized carbons (Fsp3) is 0.600. The molecule has 0 unspecified atom stereocenters. The Morgan fingerprint density at radius 3 is 2.69 bits per heavy atom. The van der Waals surface area contributed by atoms with Gasteiger partial charge in [-0.1, -0.05) is 30.9 Å². The van der Waals surface area contributed by atoms with Gasteiger partial charge in [-0.3, -0.25) is 9.89 Å². The highest BCUT2D eigenvalue weighted by atomic mass is 35.5. The van der Waals surface area contributed by atoms with Crippen LogP contribution in [0.2, 0.25) is 5.02 Å². The third kappa shape index (κ3) is 2.64. The first kappa shape index (κ1) is 16.6. The first-order valence-corrected chi connectivity index (χ1v) is 10.1. The Bertz CT molecular complexity index is 846. The van der Waals surface area contributed by atoms with E-state index in [0.29, 0.717) is 29.7 Å². The minimum Gasteiger partial charge on any atom is -0.385 e. The van der Waals surface area contributed by atoms with E-state index in [9.17, 15) is 9.90 Å². The SMILES string of the molecule is O=C(N[C@H]1[C@@H]2C[C@@](O)(c3cc(Cl)cc4[nH]ncc34)C[C@@H]21)C1CCCCC1. The zero-order chi connectivity index (χ0) is 17.9. The Morgan fingerprint density at radius 1 is 1.23 bits per heavy atom. The van der Waals surface area contributed by atoms with Crippen LogP contribution in [0.15, 0.2) is 18.3 Å². The standard InChI is InChI=1S/C20H24ClN3O2/c21-12-6-16(15-10-22-24-17(15)7-12)20(26)8-13-14(9-20)18(13)23-19(25)11-4-2-1-3-5-11/h6-7,10-11,13-14,18,26H,1-5,8-9H2,(H,22,24)(H,23,25)/t13-,14+,18+,20+. The Labute approximate surface area is 157 Å². The molecule has 1 aromatic carbocycles. The molecule has 3 fully saturated rings. The largest absolute Gasteiger partial charge is 0.385 e. The van der Waals surface area contributed by atoms with Gasteiger partial charge in [0.2, 0.25) is 5.91 Å². The number of carbonyl (C=O) groups is 1. The molecule has 2 aromatic rings. The number of rotatable bonds is 3. The molecule has 1 heterocycles. The molecule has 0 aliphatic heterocycles. The van der Waals surface area contributed by atoms with Crippen molar-refractivity contribution in [1.29, 1.82) is 0 Å². The fourth-order valence-electron chi connectivity index (χ4n) is 5.35. The van der Waals surface area contributed by atoms with Crippen molar-refractivity contribution in [2.75, 3.05) is 0 Å². The van der Waals surface area contributed by atoms with Gasteiger partial charge in [-0.25, -0.2) is 0 Å². The van der Waals surface area contributed by atoms with Gasteiger partial charge in [0.15, 0.2) is 0 Å². The molecule has 3 saturated carbocycles. The predicted molar refractivity (Wildman–Crippen MR) is 99.7 cm³/mol. The van der Waals surface area contributed by atoms with Crippen LogP contribution in [0.1, 0.15) is 50.5 Å². The molecule has 3 aliphatic rings. The van der Waals surface area contributed by atoms with Gasteiger partial charge in [0.1, 0.15) is 0 Å². The highest BCUT2D eigenvalue weighted by Crippen LogP contribution is 2.60. The van der Waals surface area contributed by atoms with E-state index in [-0.39, 0.29) is 17.9 Å². The van der Waals surface area contributed by atoms with Gasteiger partial charge in [-0.05, 0) is 55.2 Å². The average Bonchev–Trinajstić information content (AvgIpc) is 3.01. The number of aromatic nitrogens is 2. The van der Waals surface area contributed by atoms with Crippen LogP contribution in [0.5, 0.6) is 0 Å². The second-order valence-electron chi connectivity index (χ2n) is 8.42. The van der Waals surface area contributed by atoms with E-state index in [1.54, 1.807) is 6.20 Å². The van der Waals surface area contributed by atoms with Crippen molar-refractivity contribution in [2.24, 2.45) is 17.8 Å². The molecule has 1 amide bonds. The highest BCUT2D eigenvalue weighted by Gasteiger charge is 2.62. The number of hydrogen-bond acceptors (Lipinski definition) is 3. The Balaban J connectivity index is 1.29. The summed E-state index contributed by atoms with van der Waals surface area (Å²) in [5.41, 5.74) is 0.830. The van der Waals surface area contributed by atoms with Crippen LogP contribution >= 0.6 is 11.6 Å². The third-order valence-electron chi connectivity index (χ3n) is 6.79. The molecule has 1 aromatic heterocycles. The van der Waals surface area contributed by atoms with Crippen molar-refractivity contribution in [2.45, 2.75) is 56.6 Å². The van der Waals surface area contributed by atoms with E-state index in [2.05, 4.69) is 15.5 Å². The van der Waals surface area contributed by atoms with Gasteiger partial charge < -0.3 is 10.4 Å². The zero-order valence-electron chi connectivity index (χ0n) is 14.7. The number of hydrogen-bond donors (Lipinski definition) is 3. The number of benzene rings is 1. The van der Waals surface area contributed by atoms with Gasteiger partial charge >= 0.3 is 0 Å². The lowest BCUT2D eigenvalue weighted by Gasteiger charge is -2.28. The second kappa shape index (κ2) is 5.96. The number of fused-ring (bicyclic) bond motifs is 2. The van der Waals surface area contributed by atoms with Crippen LogP contribution in [-0.4, -0.2) is 27.3 Å². The summed E-state index contributed by atoms with van der Waals surface area (Å²) in [5, 5.41) is 23.1. The van der Waals surface area contributed by atoms with Crippen LogP contribution in [-0.2, 0) is 10.4 Å². The zero-order valence-corrected chi connectivity index (χ0v) is 15.4. The Morgan fingerprint density at radius 2 is 1.96 bits per heavy atom. The molecule has 6 heteroatoms. The van der Waals surface area contributed by atoms with Crippen LogP contribution < -0.4 is 5.32 Å². The van der Waals surface area contributed by atoms with Gasteiger partial charge in [-0.15, -0.1) is 0 Å². The smallest absolute Gasteiger partial charge is 0.223 e. The molecule has 3 aliphatic carbocycles. The van der Waals surface area contributed by atoms with E-state index in [4.69, 9.17) is 11.6 Å². The minimum absolute atomic E-state index is 0.197. The molecule has 5 nitrogen and oxygen atoms in total. The Hall–Kier alpha value is -1.59. The molecule has 0 spiro atoms. The summed E-state index contributed by atoms with van der Waals surface area (Å²) in [5.74, 6) is 1.16. The molecule has 138 valence electrons. The minimum atomic E-state index is -0.881. The number of H-pyrrole nitrogens is 1. The molecule has 3 N–H and O–H groups in total. The monoisotopic (exact) mass is 373 g/mol. The number of nitrogens with zero attached hydrogens (tertiary/aromatic N) is 1. The number of nitrogens with one attached hydrogen (secondary N) is 2. The van der Waals surface area contributed by atoms with Crippen molar-refractivity contribution in [3.63, 3.8) is 0 Å². The van der Waals surface area contributed by atoms with E-state index in [1.807, 2.05) is 12.1 Å². The van der Waals surface area contributed by atoms with Crippen LogP contribution in [0.25, 0.3) is 10.9 Å². The molecule has 4 atom stereocenters. The van der Waals surface area contributed by atoms with Crippen LogP contribution in [0.4, 0.5) is 0 Å². The van der Waals surface area contributed by atoms with E-state index >= 15 is 0 Å². The molecule has 5 rings (SSSR count). The van der Waals surface area contributed by atoms with Gasteiger partial charge in [0.25, 0.3) is 0 Å². The number of amides is 1. The topological polar surface area (TPSA) is 78.0 Å². The summed E-state index contributed by atoms with van der Waals surface area (Å²) in [6.07, 6.45) is 8.76. The van der Waals surface area contributed by atoms with Gasteiger partial charge in [0.05, 0.1) is 17.3 Å². The predicted octanol–water partition coefficient (Wildman–Crippen LogP) is 3.51. The number of carbonyl (C=O) groups excluding carboxylic acids is 1. The fourth-order valence-corrected chi connectivity index (χ4v) is 5.56. The summed E-state index contributed by atoms with van der Waals surface area (Å²) < 4.78 is 0. The van der Waals surface area contributed by atoms with Gasteiger partial charge in [0, 0.05) is 22.4 Å². The van der Waals surface area contributed by atoms with Crippen molar-refractivity contribution in [3.8, 4) is 0 Å². The Kier molecular flexibility index (Phi) is 3.80. The average molecular weight is 374 g/mol. The number of aromatic amines is 1. The molecular formula is C20H24ClN3O2. The highest BCUT2D eigenvalue weighted by molar-refractivity contribution is 6.31. The summed E-state index contributed by atoms with van der Waals surface area (Å²) >= 11 is 6.24. The first-order chi connectivity index (χ1) is 12.5. The van der Waals surface area contributed by atoms with Crippen molar-refractivity contribution < 1.29 is 9.90 Å². The molecule has 0 bridgehead atoms. The maximum atomic E-state index is 12.5. The van der Waals surface area contributed by atoms with E-state index in [1.165, 1.54) is 19.3 Å². The molecule has 0 radical (unpaired) electrons. The first-order valence-electron chi connectivity index (χ1n) is 9.71. The quantitative estimate of drug-likeness (QED) is 0.770. The summed E-state index contributed by atoms with van der Waals surface area (Å²) in [6.45, 7) is 0. The molecule has 0 saturated heterocycles. The molecule has 26 heavy (non-hydrogen) atoms. The van der Waals surface area contributed by atoms with Crippen molar-refractivity contribution in [3.05, 3.63) is 28.9 Å². The summed E-state index contributed by atoms with van der Waals surface area (Å²) in [6, 6.07) is 3.93.